The second kappa shape index (κ2) is 13.1. The van der Waals surface area contributed by atoms with Gasteiger partial charge in [0.15, 0.2) is 4.34 Å². The van der Waals surface area contributed by atoms with Crippen LogP contribution >= 0.6 is 23.1 Å². The Balaban J connectivity index is 1.25. The number of aryl methyl sites for hydroxylation is 1. The molecule has 4 aromatic carbocycles. The summed E-state index contributed by atoms with van der Waals surface area (Å²) < 4.78 is 12.6. The monoisotopic (exact) mass is 661 g/mol. The molecule has 2 aliphatic heterocycles. The summed E-state index contributed by atoms with van der Waals surface area (Å²) in [5, 5.41) is 20.7. The number of hydrogen-bond acceptors (Lipinski definition) is 9. The largest absolute Gasteiger partial charge is 0.507 e. The average molecular weight is 662 g/mol. The van der Waals surface area contributed by atoms with Crippen molar-refractivity contribution >= 4 is 45.7 Å². The van der Waals surface area contributed by atoms with Gasteiger partial charge in [-0.2, -0.15) is 0 Å². The zero-order valence-corrected chi connectivity index (χ0v) is 27.4. The van der Waals surface area contributed by atoms with Crippen LogP contribution < -0.4 is 14.4 Å². The third-order valence-corrected chi connectivity index (χ3v) is 10.2. The molecule has 7 rings (SSSR count). The fourth-order valence-corrected chi connectivity index (χ4v) is 7.60. The van der Waals surface area contributed by atoms with Crippen molar-refractivity contribution in [1.82, 2.24) is 10.2 Å². The van der Waals surface area contributed by atoms with E-state index >= 15 is 0 Å². The second-order valence-corrected chi connectivity index (χ2v) is 13.8. The van der Waals surface area contributed by atoms with Crippen molar-refractivity contribution in [3.05, 3.63) is 136 Å². The number of fused-ring (bicyclic) bond motifs is 1. The third-order valence-electron chi connectivity index (χ3n) is 8.12. The molecule has 0 bridgehead atoms. The molecule has 1 N–H and O–H groups in total. The van der Waals surface area contributed by atoms with Crippen LogP contribution in [0.3, 0.4) is 0 Å². The van der Waals surface area contributed by atoms with Gasteiger partial charge in [0.2, 0.25) is 5.13 Å². The molecule has 3 heterocycles. The predicted octanol–water partition coefficient (Wildman–Crippen LogP) is 7.67. The zero-order chi connectivity index (χ0) is 32.5. The van der Waals surface area contributed by atoms with E-state index in [1.54, 1.807) is 18.2 Å². The maximum atomic E-state index is 13.8. The van der Waals surface area contributed by atoms with E-state index in [2.05, 4.69) is 34.5 Å². The van der Waals surface area contributed by atoms with Crippen LogP contribution in [0.4, 0.5) is 5.13 Å². The minimum absolute atomic E-state index is 0.0158. The first-order valence-corrected chi connectivity index (χ1v) is 17.0. The number of rotatable bonds is 9. The van der Waals surface area contributed by atoms with Gasteiger partial charge in [0, 0.05) is 17.7 Å². The maximum Gasteiger partial charge on any atom is 0.301 e. The average Bonchev–Trinajstić information content (AvgIpc) is 3.78. The van der Waals surface area contributed by atoms with Crippen LogP contribution in [0.1, 0.15) is 46.3 Å². The number of amides is 1. The summed E-state index contributed by atoms with van der Waals surface area (Å²) in [6.45, 7) is 4.37. The fourth-order valence-electron chi connectivity index (χ4n) is 5.77. The quantitative estimate of drug-likeness (QED) is 0.0565. The Kier molecular flexibility index (Phi) is 8.53. The number of aliphatic hydroxyl groups is 1. The van der Waals surface area contributed by atoms with Crippen LogP contribution in [0, 0.1) is 6.92 Å². The van der Waals surface area contributed by atoms with E-state index in [-0.39, 0.29) is 22.6 Å². The van der Waals surface area contributed by atoms with E-state index < -0.39 is 17.7 Å². The van der Waals surface area contributed by atoms with Crippen LogP contribution in [-0.4, -0.2) is 33.1 Å². The molecule has 0 radical (unpaired) electrons. The summed E-state index contributed by atoms with van der Waals surface area (Å²) in [7, 11) is 0. The Morgan fingerprint density at radius 1 is 0.979 bits per heavy atom. The lowest BCUT2D eigenvalue weighted by Crippen LogP contribution is -2.29. The van der Waals surface area contributed by atoms with Gasteiger partial charge in [0.05, 0.1) is 11.6 Å². The number of benzene rings is 4. The van der Waals surface area contributed by atoms with E-state index in [1.807, 2.05) is 68.4 Å². The molecule has 236 valence electrons. The highest BCUT2D eigenvalue weighted by Crippen LogP contribution is 2.45. The maximum absolute atomic E-state index is 13.8. The molecule has 0 spiro atoms. The molecule has 8 nitrogen and oxygen atoms in total. The van der Waals surface area contributed by atoms with Gasteiger partial charge >= 0.3 is 5.91 Å². The number of aromatic nitrogens is 2. The van der Waals surface area contributed by atoms with Crippen molar-refractivity contribution in [3.63, 3.8) is 0 Å². The summed E-state index contributed by atoms with van der Waals surface area (Å²) >= 11 is 2.75. The summed E-state index contributed by atoms with van der Waals surface area (Å²) in [6.07, 6.45) is 0.699. The number of aliphatic hydroxyl groups excluding tert-OH is 1. The lowest BCUT2D eigenvalue weighted by Gasteiger charge is -2.23. The fraction of sp³-hybridized carbons (Fsp3) is 0.189. The molecule has 1 saturated heterocycles. The predicted molar refractivity (Wildman–Crippen MR) is 183 cm³/mol. The molecule has 0 aliphatic carbocycles. The van der Waals surface area contributed by atoms with Crippen molar-refractivity contribution in [3.8, 4) is 11.5 Å². The SMILES string of the molecule is Cc1ccc(CSc2nnc(N3C(=O)C(=O)/C(=C(/O)c4ccc5c(c4)C[C@@H](C)O5)[C@H]3c3cccc(OCc4ccccc4)c3)s2)cc1. The summed E-state index contributed by atoms with van der Waals surface area (Å²) in [5.74, 6) is 0.158. The number of carbonyl (C=O) groups excluding carboxylic acids is 2. The van der Waals surface area contributed by atoms with Crippen LogP contribution in [0.5, 0.6) is 11.5 Å². The molecule has 1 fully saturated rings. The first-order valence-electron chi connectivity index (χ1n) is 15.2. The van der Waals surface area contributed by atoms with Crippen LogP contribution in [0.25, 0.3) is 5.76 Å². The van der Waals surface area contributed by atoms with Crippen molar-refractivity contribution in [2.45, 2.75) is 49.1 Å². The van der Waals surface area contributed by atoms with Gasteiger partial charge in [0.1, 0.15) is 30.0 Å². The lowest BCUT2D eigenvalue weighted by atomic mass is 9.94. The van der Waals surface area contributed by atoms with Gasteiger partial charge in [0.25, 0.3) is 5.78 Å². The van der Waals surface area contributed by atoms with Gasteiger partial charge in [-0.05, 0) is 66.4 Å². The van der Waals surface area contributed by atoms with Gasteiger partial charge < -0.3 is 14.6 Å². The minimum Gasteiger partial charge on any atom is -0.507 e. The van der Waals surface area contributed by atoms with E-state index in [1.165, 1.54) is 33.6 Å². The van der Waals surface area contributed by atoms with E-state index in [9.17, 15) is 14.7 Å². The Labute approximate surface area is 280 Å². The van der Waals surface area contributed by atoms with Crippen molar-refractivity contribution in [2.75, 3.05) is 4.90 Å². The van der Waals surface area contributed by atoms with Gasteiger partial charge in [-0.1, -0.05) is 95.4 Å². The third kappa shape index (κ3) is 6.39. The van der Waals surface area contributed by atoms with Crippen LogP contribution in [0.15, 0.2) is 107 Å². The molecule has 10 heteroatoms. The zero-order valence-electron chi connectivity index (χ0n) is 25.8. The minimum atomic E-state index is -0.957. The van der Waals surface area contributed by atoms with Crippen LogP contribution in [-0.2, 0) is 28.4 Å². The molecule has 1 aromatic heterocycles. The Morgan fingerprint density at radius 3 is 2.60 bits per heavy atom. The first kappa shape index (κ1) is 30.7. The van der Waals surface area contributed by atoms with Crippen molar-refractivity contribution < 1.29 is 24.2 Å². The number of hydrogen-bond donors (Lipinski definition) is 1. The number of ether oxygens (including phenoxy) is 2. The van der Waals surface area contributed by atoms with E-state index in [0.717, 1.165) is 22.4 Å². The highest BCUT2D eigenvalue weighted by Gasteiger charge is 2.48. The van der Waals surface area contributed by atoms with Crippen molar-refractivity contribution in [2.24, 2.45) is 0 Å². The Hall–Kier alpha value is -4.93. The Bertz CT molecular complexity index is 1990. The normalized spacial score (nSPS) is 18.3. The molecule has 5 aromatic rings. The molecule has 0 saturated carbocycles. The molecular weight excluding hydrogens is 631 g/mol. The summed E-state index contributed by atoms with van der Waals surface area (Å²) in [4.78, 5) is 28.9. The molecule has 47 heavy (non-hydrogen) atoms. The molecule has 2 aliphatic rings. The second-order valence-electron chi connectivity index (χ2n) is 11.6. The van der Waals surface area contributed by atoms with Gasteiger partial charge in [-0.15, -0.1) is 10.2 Å². The number of ketones is 1. The molecular formula is C37H31N3O5S2. The smallest absolute Gasteiger partial charge is 0.301 e. The number of carbonyl (C=O) groups is 2. The van der Waals surface area contributed by atoms with Crippen molar-refractivity contribution in [1.29, 1.82) is 0 Å². The van der Waals surface area contributed by atoms with Gasteiger partial charge in [-0.3, -0.25) is 14.5 Å². The molecule has 2 atom stereocenters. The highest BCUT2D eigenvalue weighted by atomic mass is 32.2. The Morgan fingerprint density at radius 2 is 1.79 bits per heavy atom. The van der Waals surface area contributed by atoms with E-state index in [4.69, 9.17) is 9.47 Å². The first-order chi connectivity index (χ1) is 22.8. The highest BCUT2D eigenvalue weighted by molar-refractivity contribution is 8.00. The summed E-state index contributed by atoms with van der Waals surface area (Å²) in [6, 6.07) is 29.7. The topological polar surface area (TPSA) is 102 Å². The number of thioether (sulfide) groups is 1. The molecule has 0 unspecified atom stereocenters. The van der Waals surface area contributed by atoms with Crippen LogP contribution in [0.2, 0.25) is 0 Å². The molecule has 1 amide bonds. The number of nitrogens with zero attached hydrogens (tertiary/aromatic N) is 3. The van der Waals surface area contributed by atoms with Gasteiger partial charge in [-0.25, -0.2) is 0 Å². The lowest BCUT2D eigenvalue weighted by molar-refractivity contribution is -0.132. The number of Topliss-reactive ketones (excluding diaryl/α,β-unsaturated/α-hetero) is 1. The number of anilines is 1. The summed E-state index contributed by atoms with van der Waals surface area (Å²) in [5.41, 5.74) is 5.27. The van der Waals surface area contributed by atoms with E-state index in [0.29, 0.717) is 40.0 Å². The standard InChI is InChI=1S/C37H31N3O5S2/c1-22-11-13-25(14-12-22)21-46-37-39-38-36(47-37)40-32(26-9-6-10-29(19-26)44-20-24-7-4-3-5-8-24)31(34(42)35(40)43)33(41)27-15-16-30-28(18-27)17-23(2)45-30/h3-16,18-19,23,32,41H,17,20-21H2,1-2H3/b33-31+/t23-,32-/m1/s1.